The van der Waals surface area contributed by atoms with Crippen LogP contribution in [0.5, 0.6) is 0 Å². The van der Waals surface area contributed by atoms with Gasteiger partial charge in [0.05, 0.1) is 32.8 Å². The van der Waals surface area contributed by atoms with Crippen molar-refractivity contribution in [2.75, 3.05) is 18.4 Å². The zero-order valence-electron chi connectivity index (χ0n) is 23.0. The van der Waals surface area contributed by atoms with Crippen LogP contribution in [0.1, 0.15) is 56.3 Å². The van der Waals surface area contributed by atoms with Gasteiger partial charge in [-0.2, -0.15) is 0 Å². The van der Waals surface area contributed by atoms with Crippen molar-refractivity contribution >= 4 is 38.9 Å². The molecule has 0 radical (unpaired) electrons. The maximum absolute atomic E-state index is 13.8. The van der Waals surface area contributed by atoms with E-state index in [0.717, 1.165) is 6.07 Å². The van der Waals surface area contributed by atoms with Crippen LogP contribution >= 0.6 is 11.6 Å². The highest BCUT2D eigenvalue weighted by atomic mass is 35.5. The van der Waals surface area contributed by atoms with Gasteiger partial charge in [0.15, 0.2) is 27.3 Å². The van der Waals surface area contributed by atoms with Gasteiger partial charge < -0.3 is 20.4 Å². The van der Waals surface area contributed by atoms with E-state index in [9.17, 15) is 41.4 Å². The minimum Gasteiger partial charge on any atom is -0.390 e. The van der Waals surface area contributed by atoms with Crippen LogP contribution in [0.25, 0.3) is 0 Å². The number of anilines is 1. The minimum atomic E-state index is -4.09. The number of rotatable bonds is 7. The molecular formula is C29H32ClF3N2O6S. The first kappa shape index (κ1) is 30.8. The summed E-state index contributed by atoms with van der Waals surface area (Å²) in [7, 11) is -4.09. The molecular weight excluding hydrogens is 597 g/mol. The number of hydrogen-bond acceptors (Lipinski definition) is 6. The second-order valence-corrected chi connectivity index (χ2v) is 14.9. The number of fused-ring (bicyclic) bond motifs is 2. The molecule has 3 N–H and O–H groups in total. The number of nitrogens with one attached hydrogen (secondary N) is 1. The lowest BCUT2D eigenvalue weighted by Gasteiger charge is -2.48. The molecule has 2 bridgehead atoms. The summed E-state index contributed by atoms with van der Waals surface area (Å²) in [6, 6.07) is 4.76. The van der Waals surface area contributed by atoms with Crippen LogP contribution in [0.15, 0.2) is 35.2 Å². The molecule has 42 heavy (non-hydrogen) atoms. The summed E-state index contributed by atoms with van der Waals surface area (Å²) in [5, 5.41) is 23.0. The summed E-state index contributed by atoms with van der Waals surface area (Å²) in [6.45, 7) is 4.19. The van der Waals surface area contributed by atoms with Crippen LogP contribution in [0.4, 0.5) is 18.9 Å². The maximum Gasteiger partial charge on any atom is 0.255 e. The van der Waals surface area contributed by atoms with Gasteiger partial charge in [-0.05, 0) is 69.6 Å². The standard InChI is InChI=1S/C29H32ClF3N2O6S/c1-28(2,38)18-13-35(14-18)25(36)12-29(39)16-4-5-17(29)9-20(8-16)42(40,41)24-7-15(3-6-21(24)30)27(37)34-19-10-22(31)26(33)23(32)11-19/h3,6-7,10-11,16-18,20,38-39H,4-5,8-9,12-14H2,1-2H3,(H,34,37)/t16?,17?,20-,29-. The molecule has 2 aliphatic carbocycles. The van der Waals surface area contributed by atoms with E-state index >= 15 is 0 Å². The number of aliphatic hydroxyl groups is 2. The van der Waals surface area contributed by atoms with E-state index < -0.39 is 61.5 Å². The Morgan fingerprint density at radius 3 is 2.19 bits per heavy atom. The van der Waals surface area contributed by atoms with Crippen molar-refractivity contribution in [2.45, 2.75) is 67.3 Å². The lowest BCUT2D eigenvalue weighted by molar-refractivity contribution is -0.154. The highest BCUT2D eigenvalue weighted by Crippen LogP contribution is 2.54. The van der Waals surface area contributed by atoms with E-state index in [1.807, 2.05) is 0 Å². The molecule has 228 valence electrons. The average molecular weight is 629 g/mol. The summed E-state index contributed by atoms with van der Waals surface area (Å²) in [5.41, 5.74) is -2.76. The number of likely N-dealkylation sites (tertiary alicyclic amines) is 1. The van der Waals surface area contributed by atoms with Crippen molar-refractivity contribution in [3.63, 3.8) is 0 Å². The van der Waals surface area contributed by atoms with Crippen LogP contribution in [0, 0.1) is 35.2 Å². The Balaban J connectivity index is 1.30. The molecule has 1 aliphatic heterocycles. The molecule has 2 aromatic carbocycles. The van der Waals surface area contributed by atoms with Crippen LogP contribution in [-0.4, -0.2) is 64.9 Å². The maximum atomic E-state index is 13.8. The smallest absolute Gasteiger partial charge is 0.255 e. The third-order valence-electron chi connectivity index (χ3n) is 9.22. The van der Waals surface area contributed by atoms with Crippen molar-refractivity contribution in [3.05, 3.63) is 58.4 Å². The Kier molecular flexibility index (Phi) is 7.91. The van der Waals surface area contributed by atoms with E-state index in [2.05, 4.69) is 5.32 Å². The summed E-state index contributed by atoms with van der Waals surface area (Å²) >= 11 is 6.27. The number of nitrogens with zero attached hydrogens (tertiary/aromatic N) is 1. The molecule has 2 saturated carbocycles. The van der Waals surface area contributed by atoms with Crippen molar-refractivity contribution < 1.29 is 41.4 Å². The summed E-state index contributed by atoms with van der Waals surface area (Å²) in [5.74, 6) is -6.70. The largest absolute Gasteiger partial charge is 0.390 e. The minimum absolute atomic E-state index is 0.0469. The summed E-state index contributed by atoms with van der Waals surface area (Å²) < 4.78 is 68.0. The Bertz CT molecular complexity index is 1500. The van der Waals surface area contributed by atoms with Crippen molar-refractivity contribution in [2.24, 2.45) is 17.8 Å². The lowest BCUT2D eigenvalue weighted by atomic mass is 9.72. The highest BCUT2D eigenvalue weighted by Gasteiger charge is 2.57. The number of sulfone groups is 1. The van der Waals surface area contributed by atoms with Gasteiger partial charge in [-0.15, -0.1) is 0 Å². The Morgan fingerprint density at radius 1 is 1.07 bits per heavy atom. The average Bonchev–Trinajstić information content (AvgIpc) is 3.01. The Morgan fingerprint density at radius 2 is 1.64 bits per heavy atom. The number of hydrogen-bond donors (Lipinski definition) is 3. The van der Waals surface area contributed by atoms with Gasteiger partial charge in [0.2, 0.25) is 5.91 Å². The van der Waals surface area contributed by atoms with Gasteiger partial charge in [0.25, 0.3) is 5.91 Å². The van der Waals surface area contributed by atoms with Crippen molar-refractivity contribution in [1.82, 2.24) is 4.90 Å². The van der Waals surface area contributed by atoms with Gasteiger partial charge in [0.1, 0.15) is 0 Å². The van der Waals surface area contributed by atoms with E-state index in [1.165, 1.54) is 12.1 Å². The van der Waals surface area contributed by atoms with Crippen molar-refractivity contribution in [1.29, 1.82) is 0 Å². The first-order chi connectivity index (χ1) is 19.5. The summed E-state index contributed by atoms with van der Waals surface area (Å²) in [4.78, 5) is 27.1. The summed E-state index contributed by atoms with van der Waals surface area (Å²) in [6.07, 6.45) is 1.22. The first-order valence-electron chi connectivity index (χ1n) is 13.7. The first-order valence-corrected chi connectivity index (χ1v) is 15.6. The van der Waals surface area contributed by atoms with Crippen LogP contribution in [0.3, 0.4) is 0 Å². The van der Waals surface area contributed by atoms with Gasteiger partial charge >= 0.3 is 0 Å². The fourth-order valence-electron chi connectivity index (χ4n) is 6.51. The molecule has 1 saturated heterocycles. The second-order valence-electron chi connectivity index (χ2n) is 12.3. The SMILES string of the molecule is CC(C)(O)C1CN(C(=O)C[C@]2(O)C3CCC2C[C@@H](S(=O)(=O)c2cc(C(=O)Nc4cc(F)c(F)c(F)c4)ccc2Cl)C3)C1. The number of halogens is 4. The van der Waals surface area contributed by atoms with Gasteiger partial charge in [-0.3, -0.25) is 9.59 Å². The Labute approximate surface area is 246 Å². The Hall–Kier alpha value is -2.67. The van der Waals surface area contributed by atoms with E-state index in [-0.39, 0.29) is 52.3 Å². The van der Waals surface area contributed by atoms with Crippen LogP contribution in [0.2, 0.25) is 5.02 Å². The highest BCUT2D eigenvalue weighted by molar-refractivity contribution is 7.92. The van der Waals surface area contributed by atoms with Gasteiger partial charge in [-0.25, -0.2) is 21.6 Å². The van der Waals surface area contributed by atoms with Gasteiger partial charge in [-0.1, -0.05) is 11.6 Å². The predicted molar refractivity (Wildman–Crippen MR) is 148 cm³/mol. The number of amides is 2. The molecule has 8 nitrogen and oxygen atoms in total. The van der Waals surface area contributed by atoms with Gasteiger partial charge in [0, 0.05) is 42.4 Å². The molecule has 13 heteroatoms. The van der Waals surface area contributed by atoms with Crippen LogP contribution < -0.4 is 5.32 Å². The lowest BCUT2D eigenvalue weighted by Crippen LogP contribution is -2.59. The zero-order valence-corrected chi connectivity index (χ0v) is 24.6. The molecule has 2 unspecified atom stereocenters. The molecule has 2 atom stereocenters. The van der Waals surface area contributed by atoms with Crippen LogP contribution in [-0.2, 0) is 14.6 Å². The fraction of sp³-hybridized carbons (Fsp3) is 0.517. The molecule has 3 aliphatic rings. The van der Waals surface area contributed by atoms with Crippen molar-refractivity contribution in [3.8, 4) is 0 Å². The third-order valence-corrected chi connectivity index (χ3v) is 11.9. The topological polar surface area (TPSA) is 124 Å². The van der Waals surface area contributed by atoms with E-state index in [0.29, 0.717) is 38.1 Å². The normalized spacial score (nSPS) is 26.2. The van der Waals surface area contributed by atoms with E-state index in [1.54, 1.807) is 18.7 Å². The second kappa shape index (κ2) is 10.8. The third kappa shape index (κ3) is 5.54. The quantitative estimate of drug-likeness (QED) is 0.393. The number of carbonyl (C=O) groups is 2. The molecule has 1 heterocycles. The molecule has 5 rings (SSSR count). The van der Waals surface area contributed by atoms with E-state index in [4.69, 9.17) is 11.6 Å². The fourth-order valence-corrected chi connectivity index (χ4v) is 8.91. The zero-order chi connectivity index (χ0) is 30.8. The molecule has 2 aromatic rings. The molecule has 3 fully saturated rings. The molecule has 0 aromatic heterocycles. The monoisotopic (exact) mass is 628 g/mol. The molecule has 0 spiro atoms. The predicted octanol–water partition coefficient (Wildman–Crippen LogP) is 4.32. The number of carbonyl (C=O) groups excluding carboxylic acids is 2. The molecule has 2 amide bonds. The number of benzene rings is 2.